The van der Waals surface area contributed by atoms with E-state index < -0.39 is 0 Å². The number of hydrogen-bond acceptors (Lipinski definition) is 5. The Labute approximate surface area is 298 Å². The first kappa shape index (κ1) is 29.4. The molecule has 5 heteroatoms. The summed E-state index contributed by atoms with van der Waals surface area (Å²) < 4.78 is 2.51. The van der Waals surface area contributed by atoms with E-state index in [1.165, 1.54) is 20.2 Å². The molecule has 10 aromatic rings. The van der Waals surface area contributed by atoms with Gasteiger partial charge in [-0.3, -0.25) is 9.97 Å². The first-order valence-electron chi connectivity index (χ1n) is 17.0. The van der Waals surface area contributed by atoms with Gasteiger partial charge in [0.25, 0.3) is 0 Å². The van der Waals surface area contributed by atoms with Gasteiger partial charge in [-0.2, -0.15) is 0 Å². The van der Waals surface area contributed by atoms with E-state index in [1.807, 2.05) is 54.1 Å². The van der Waals surface area contributed by atoms with Crippen LogP contribution in [0.4, 0.5) is 0 Å². The van der Waals surface area contributed by atoms with E-state index in [1.54, 1.807) is 0 Å². The Balaban J connectivity index is 1.27. The quantitative estimate of drug-likeness (QED) is 0.183. The van der Waals surface area contributed by atoms with Crippen molar-refractivity contribution in [3.63, 3.8) is 0 Å². The number of thiophene rings is 1. The lowest BCUT2D eigenvalue weighted by Crippen LogP contribution is -1.97. The van der Waals surface area contributed by atoms with Crippen LogP contribution in [0.2, 0.25) is 0 Å². The maximum atomic E-state index is 5.29. The summed E-state index contributed by atoms with van der Waals surface area (Å²) in [4.78, 5) is 19.9. The summed E-state index contributed by atoms with van der Waals surface area (Å²) >= 11 is 1.82. The second kappa shape index (κ2) is 12.1. The van der Waals surface area contributed by atoms with Crippen molar-refractivity contribution in [3.8, 4) is 56.2 Å². The molecule has 4 aromatic heterocycles. The number of rotatable bonds is 5. The molecule has 0 aliphatic rings. The smallest absolute Gasteiger partial charge is 0.160 e. The molecule has 6 aromatic carbocycles. The molecule has 4 heterocycles. The average molecular weight is 669 g/mol. The molecule has 0 aliphatic carbocycles. The first-order valence-corrected chi connectivity index (χ1v) is 17.8. The highest BCUT2D eigenvalue weighted by atomic mass is 32.1. The van der Waals surface area contributed by atoms with E-state index in [9.17, 15) is 0 Å². The minimum atomic E-state index is 0.690. The van der Waals surface area contributed by atoms with Gasteiger partial charge in [-0.05, 0) is 82.9 Å². The van der Waals surface area contributed by atoms with Crippen LogP contribution in [0.5, 0.6) is 0 Å². The Kier molecular flexibility index (Phi) is 6.96. The van der Waals surface area contributed by atoms with E-state index in [0.717, 1.165) is 72.1 Å². The summed E-state index contributed by atoms with van der Waals surface area (Å²) in [7, 11) is 0. The number of nitrogens with zero attached hydrogens (tertiary/aromatic N) is 4. The molecule has 0 radical (unpaired) electrons. The van der Waals surface area contributed by atoms with Crippen molar-refractivity contribution in [2.75, 3.05) is 0 Å². The van der Waals surface area contributed by atoms with Crippen LogP contribution in [-0.4, -0.2) is 19.9 Å². The van der Waals surface area contributed by atoms with Gasteiger partial charge >= 0.3 is 0 Å². The number of aromatic nitrogens is 4. The molecule has 10 rings (SSSR count). The molecule has 238 valence electrons. The number of pyridine rings is 2. The minimum Gasteiger partial charge on any atom is -0.256 e. The Morgan fingerprint density at radius 3 is 1.67 bits per heavy atom. The second-order valence-electron chi connectivity index (χ2n) is 12.7. The summed E-state index contributed by atoms with van der Waals surface area (Å²) in [5.41, 5.74) is 11.2. The van der Waals surface area contributed by atoms with E-state index in [2.05, 4.69) is 137 Å². The van der Waals surface area contributed by atoms with Crippen molar-refractivity contribution >= 4 is 53.3 Å². The molecule has 0 saturated heterocycles. The number of benzene rings is 6. The third-order valence-corrected chi connectivity index (χ3v) is 10.7. The highest BCUT2D eigenvalue weighted by Gasteiger charge is 2.18. The standard InChI is InChI=1S/C46H28N4S/c1-2-11-29(12-3-1)46-49-41(28-42(50-46)37-16-8-22-44-45(37)38-13-4-5-21-43(38)51-44)32-26-30(33-14-6-19-39-35(33)17-9-23-47-39)25-31(27-32)34-15-7-20-40-36(34)18-10-24-48-40/h1-28H. The topological polar surface area (TPSA) is 51.6 Å². The van der Waals surface area contributed by atoms with Crippen LogP contribution < -0.4 is 0 Å². The van der Waals surface area contributed by atoms with Gasteiger partial charge in [0.15, 0.2) is 5.82 Å². The fourth-order valence-electron chi connectivity index (χ4n) is 7.23. The van der Waals surface area contributed by atoms with Crippen LogP contribution in [0.1, 0.15) is 0 Å². The summed E-state index contributed by atoms with van der Waals surface area (Å²) in [6.45, 7) is 0. The lowest BCUT2D eigenvalue weighted by molar-refractivity contribution is 1.19. The van der Waals surface area contributed by atoms with Gasteiger partial charge in [0, 0.05) is 60.0 Å². The Hall–Kier alpha value is -6.56. The summed E-state index contributed by atoms with van der Waals surface area (Å²) in [5, 5.41) is 4.68. The van der Waals surface area contributed by atoms with Gasteiger partial charge in [0.05, 0.1) is 22.4 Å². The SMILES string of the molecule is c1ccc(-c2nc(-c3cc(-c4cccc5ncccc45)cc(-c4cccc5ncccc45)c3)cc(-c3cccc4sc5ccccc5c34)n2)cc1. The van der Waals surface area contributed by atoms with E-state index in [0.29, 0.717) is 5.82 Å². The Morgan fingerprint density at radius 2 is 0.941 bits per heavy atom. The van der Waals surface area contributed by atoms with Crippen LogP contribution in [0.25, 0.3) is 98.1 Å². The van der Waals surface area contributed by atoms with Gasteiger partial charge in [0.2, 0.25) is 0 Å². The van der Waals surface area contributed by atoms with Gasteiger partial charge in [-0.25, -0.2) is 9.97 Å². The highest BCUT2D eigenvalue weighted by Crippen LogP contribution is 2.42. The normalized spacial score (nSPS) is 11.5. The molecule has 51 heavy (non-hydrogen) atoms. The largest absolute Gasteiger partial charge is 0.256 e. The lowest BCUT2D eigenvalue weighted by atomic mass is 9.91. The Bertz CT molecular complexity index is 2820. The molecule has 0 amide bonds. The molecular weight excluding hydrogens is 641 g/mol. The van der Waals surface area contributed by atoms with E-state index >= 15 is 0 Å². The predicted molar refractivity (Wildman–Crippen MR) is 213 cm³/mol. The summed E-state index contributed by atoms with van der Waals surface area (Å²) in [5.74, 6) is 0.690. The van der Waals surface area contributed by atoms with Gasteiger partial charge < -0.3 is 0 Å². The van der Waals surface area contributed by atoms with Crippen LogP contribution in [0.15, 0.2) is 170 Å². The van der Waals surface area contributed by atoms with Crippen LogP contribution in [-0.2, 0) is 0 Å². The maximum Gasteiger partial charge on any atom is 0.160 e. The van der Waals surface area contributed by atoms with Crippen LogP contribution in [0.3, 0.4) is 0 Å². The molecular formula is C46H28N4S. The maximum absolute atomic E-state index is 5.29. The van der Waals surface area contributed by atoms with Crippen molar-refractivity contribution in [2.45, 2.75) is 0 Å². The fourth-order valence-corrected chi connectivity index (χ4v) is 8.37. The van der Waals surface area contributed by atoms with Gasteiger partial charge in [0.1, 0.15) is 0 Å². The third kappa shape index (κ3) is 5.14. The minimum absolute atomic E-state index is 0.690. The molecule has 0 unspecified atom stereocenters. The molecule has 0 bridgehead atoms. The molecule has 0 saturated carbocycles. The second-order valence-corrected chi connectivity index (χ2v) is 13.7. The molecule has 4 nitrogen and oxygen atoms in total. The zero-order chi connectivity index (χ0) is 33.7. The van der Waals surface area contributed by atoms with Gasteiger partial charge in [-0.15, -0.1) is 11.3 Å². The third-order valence-electron chi connectivity index (χ3n) is 9.58. The predicted octanol–water partition coefficient (Wildman–Crippen LogP) is 12.3. The van der Waals surface area contributed by atoms with Gasteiger partial charge in [-0.1, -0.05) is 97.1 Å². The molecule has 0 spiro atoms. The molecule has 0 aliphatic heterocycles. The monoisotopic (exact) mass is 668 g/mol. The molecule has 0 atom stereocenters. The van der Waals surface area contributed by atoms with Crippen molar-refractivity contribution in [1.82, 2.24) is 19.9 Å². The van der Waals surface area contributed by atoms with E-state index in [-0.39, 0.29) is 0 Å². The van der Waals surface area contributed by atoms with Crippen molar-refractivity contribution in [2.24, 2.45) is 0 Å². The number of fused-ring (bicyclic) bond motifs is 5. The highest BCUT2D eigenvalue weighted by molar-refractivity contribution is 7.25. The van der Waals surface area contributed by atoms with Crippen molar-refractivity contribution in [1.29, 1.82) is 0 Å². The zero-order valence-electron chi connectivity index (χ0n) is 27.4. The molecule has 0 N–H and O–H groups in total. The van der Waals surface area contributed by atoms with Crippen LogP contribution in [0, 0.1) is 0 Å². The lowest BCUT2D eigenvalue weighted by Gasteiger charge is -2.15. The van der Waals surface area contributed by atoms with Crippen molar-refractivity contribution < 1.29 is 0 Å². The number of hydrogen-bond donors (Lipinski definition) is 0. The molecule has 0 fully saturated rings. The summed E-state index contributed by atoms with van der Waals surface area (Å²) in [6.07, 6.45) is 3.70. The Morgan fingerprint density at radius 1 is 0.373 bits per heavy atom. The summed E-state index contributed by atoms with van der Waals surface area (Å²) in [6, 6.07) is 55.4. The van der Waals surface area contributed by atoms with Crippen molar-refractivity contribution in [3.05, 3.63) is 170 Å². The average Bonchev–Trinajstić information content (AvgIpc) is 3.59. The first-order chi connectivity index (χ1) is 25.3. The van der Waals surface area contributed by atoms with E-state index in [4.69, 9.17) is 9.97 Å². The van der Waals surface area contributed by atoms with Crippen LogP contribution >= 0.6 is 11.3 Å². The zero-order valence-corrected chi connectivity index (χ0v) is 28.2. The fraction of sp³-hybridized carbons (Fsp3) is 0.